The largest absolute Gasteiger partial charge is 0.497 e. The molecule has 5 aromatic rings. The molecule has 0 N–H and O–H groups in total. The van der Waals surface area contributed by atoms with E-state index in [9.17, 15) is 4.79 Å². The molecule has 0 spiro atoms. The van der Waals surface area contributed by atoms with E-state index in [1.54, 1.807) is 19.2 Å². The minimum atomic E-state index is -0.355. The number of benzene rings is 3. The van der Waals surface area contributed by atoms with Gasteiger partial charge in [-0.3, -0.25) is 4.79 Å². The van der Waals surface area contributed by atoms with E-state index < -0.39 is 0 Å². The maximum Gasteiger partial charge on any atom is 0.299 e. The van der Waals surface area contributed by atoms with Gasteiger partial charge in [-0.25, -0.2) is 0 Å². The van der Waals surface area contributed by atoms with E-state index in [0.29, 0.717) is 33.7 Å². The van der Waals surface area contributed by atoms with Crippen LogP contribution in [0.2, 0.25) is 10.0 Å². The van der Waals surface area contributed by atoms with E-state index in [2.05, 4.69) is 10.1 Å². The SMILES string of the molecule is COc1ccc2c(c1)c(C(=O)c1nc(-c3ccccc3)no1)c(C)n2Cc1ccc(Cl)cc1Cl. The molecule has 5 rings (SSSR count). The average molecular weight is 492 g/mol. The maximum atomic E-state index is 13.6. The molecule has 0 saturated carbocycles. The highest BCUT2D eigenvalue weighted by molar-refractivity contribution is 6.35. The molecule has 3 aromatic carbocycles. The Hall–Kier alpha value is -3.61. The molecule has 0 unspecified atom stereocenters. The van der Waals surface area contributed by atoms with Gasteiger partial charge >= 0.3 is 0 Å². The Balaban J connectivity index is 1.62. The van der Waals surface area contributed by atoms with Gasteiger partial charge in [-0.15, -0.1) is 0 Å². The number of halogens is 2. The summed E-state index contributed by atoms with van der Waals surface area (Å²) in [6, 6.07) is 20.4. The molecule has 0 atom stereocenters. The first kappa shape index (κ1) is 22.2. The second kappa shape index (κ2) is 8.97. The van der Waals surface area contributed by atoms with Crippen molar-refractivity contribution in [2.45, 2.75) is 13.5 Å². The lowest BCUT2D eigenvalue weighted by Crippen LogP contribution is -2.07. The molecule has 8 heteroatoms. The summed E-state index contributed by atoms with van der Waals surface area (Å²) >= 11 is 12.5. The molecule has 0 radical (unpaired) electrons. The zero-order valence-electron chi connectivity index (χ0n) is 18.4. The van der Waals surface area contributed by atoms with Crippen LogP contribution < -0.4 is 4.74 Å². The van der Waals surface area contributed by atoms with Crippen LogP contribution in [0, 0.1) is 6.92 Å². The second-order valence-corrected chi connectivity index (χ2v) is 8.63. The molecule has 0 fully saturated rings. The van der Waals surface area contributed by atoms with Crippen molar-refractivity contribution in [3.8, 4) is 17.1 Å². The van der Waals surface area contributed by atoms with Crippen molar-refractivity contribution in [3.63, 3.8) is 0 Å². The minimum Gasteiger partial charge on any atom is -0.497 e. The van der Waals surface area contributed by atoms with Gasteiger partial charge in [0.05, 0.1) is 12.7 Å². The fourth-order valence-electron chi connectivity index (χ4n) is 4.03. The topological polar surface area (TPSA) is 70.2 Å². The Morgan fingerprint density at radius 1 is 1.06 bits per heavy atom. The van der Waals surface area contributed by atoms with Crippen molar-refractivity contribution in [1.29, 1.82) is 0 Å². The number of ether oxygens (including phenoxy) is 1. The molecule has 6 nitrogen and oxygen atoms in total. The van der Waals surface area contributed by atoms with Crippen molar-refractivity contribution in [1.82, 2.24) is 14.7 Å². The van der Waals surface area contributed by atoms with Crippen LogP contribution in [0.1, 0.15) is 27.5 Å². The molecular weight excluding hydrogens is 473 g/mol. The van der Waals surface area contributed by atoms with Gasteiger partial charge in [0.15, 0.2) is 0 Å². The monoisotopic (exact) mass is 491 g/mol. The molecule has 0 bridgehead atoms. The number of rotatable bonds is 6. The lowest BCUT2D eigenvalue weighted by Gasteiger charge is -2.11. The number of ketones is 1. The highest BCUT2D eigenvalue weighted by atomic mass is 35.5. The van der Waals surface area contributed by atoms with E-state index in [0.717, 1.165) is 27.7 Å². The number of carbonyl (C=O) groups excluding carboxylic acids is 1. The van der Waals surface area contributed by atoms with Crippen LogP contribution in [0.25, 0.3) is 22.3 Å². The van der Waals surface area contributed by atoms with Crippen molar-refractivity contribution in [2.24, 2.45) is 0 Å². The normalized spacial score (nSPS) is 11.2. The molecule has 34 heavy (non-hydrogen) atoms. The molecule has 2 aromatic heterocycles. The zero-order chi connectivity index (χ0) is 23.8. The predicted octanol–water partition coefficient (Wildman–Crippen LogP) is 6.59. The first-order valence-electron chi connectivity index (χ1n) is 10.5. The summed E-state index contributed by atoms with van der Waals surface area (Å²) in [5.74, 6) is 0.564. The lowest BCUT2D eigenvalue weighted by molar-refractivity contribution is 0.0994. The Bertz CT molecular complexity index is 1520. The van der Waals surface area contributed by atoms with Crippen LogP contribution in [0.15, 0.2) is 71.3 Å². The highest BCUT2D eigenvalue weighted by Crippen LogP contribution is 2.33. The number of hydrogen-bond acceptors (Lipinski definition) is 5. The average Bonchev–Trinajstić information content (AvgIpc) is 3.44. The lowest BCUT2D eigenvalue weighted by atomic mass is 10.1. The first-order valence-corrected chi connectivity index (χ1v) is 11.3. The number of methoxy groups -OCH3 is 1. The van der Waals surface area contributed by atoms with Crippen molar-refractivity contribution in [3.05, 3.63) is 99.5 Å². The number of hydrogen-bond donors (Lipinski definition) is 0. The maximum absolute atomic E-state index is 13.6. The molecule has 2 heterocycles. The Labute approximate surface area is 205 Å². The number of nitrogens with zero attached hydrogens (tertiary/aromatic N) is 3. The van der Waals surface area contributed by atoms with Gasteiger partial charge in [0, 0.05) is 38.8 Å². The number of carbonyl (C=O) groups is 1. The quantitative estimate of drug-likeness (QED) is 0.250. The smallest absolute Gasteiger partial charge is 0.299 e. The van der Waals surface area contributed by atoms with Crippen LogP contribution >= 0.6 is 23.2 Å². The molecule has 170 valence electrons. The molecule has 0 saturated heterocycles. The Morgan fingerprint density at radius 3 is 2.59 bits per heavy atom. The van der Waals surface area contributed by atoms with Crippen LogP contribution in [-0.2, 0) is 6.54 Å². The zero-order valence-corrected chi connectivity index (χ0v) is 19.9. The summed E-state index contributed by atoms with van der Waals surface area (Å²) in [5, 5.41) is 5.85. The van der Waals surface area contributed by atoms with Crippen molar-refractivity contribution >= 4 is 39.9 Å². The summed E-state index contributed by atoms with van der Waals surface area (Å²) in [4.78, 5) is 18.0. The van der Waals surface area contributed by atoms with Gasteiger partial charge in [-0.1, -0.05) is 64.8 Å². The fourth-order valence-corrected chi connectivity index (χ4v) is 4.49. The van der Waals surface area contributed by atoms with E-state index in [-0.39, 0.29) is 11.7 Å². The van der Waals surface area contributed by atoms with E-state index in [1.165, 1.54) is 0 Å². The Morgan fingerprint density at radius 2 is 1.85 bits per heavy atom. The molecule has 0 aliphatic carbocycles. The van der Waals surface area contributed by atoms with Crippen molar-refractivity contribution in [2.75, 3.05) is 7.11 Å². The number of fused-ring (bicyclic) bond motifs is 1. The van der Waals surface area contributed by atoms with Crippen LogP contribution in [0.5, 0.6) is 5.75 Å². The Kier molecular flexibility index (Phi) is 5.86. The standard InChI is InChI=1S/C26H19Cl2N3O3/c1-15-23(24(32)26-29-25(30-34-26)16-6-4-3-5-7-16)20-13-19(33-2)10-11-22(20)31(15)14-17-8-9-18(27)12-21(17)28/h3-13H,14H2,1-2H3. The van der Waals surface area contributed by atoms with Crippen molar-refractivity contribution < 1.29 is 14.1 Å². The van der Waals surface area contributed by atoms with Crippen LogP contribution in [0.4, 0.5) is 0 Å². The van der Waals surface area contributed by atoms with Gasteiger partial charge in [0.2, 0.25) is 5.82 Å². The van der Waals surface area contributed by atoms with Gasteiger partial charge in [0.25, 0.3) is 11.7 Å². The highest BCUT2D eigenvalue weighted by Gasteiger charge is 2.26. The summed E-state index contributed by atoms with van der Waals surface area (Å²) in [7, 11) is 1.59. The van der Waals surface area contributed by atoms with E-state index in [1.807, 2.05) is 66.1 Å². The predicted molar refractivity (Wildman–Crippen MR) is 132 cm³/mol. The van der Waals surface area contributed by atoms with Crippen LogP contribution in [0.3, 0.4) is 0 Å². The van der Waals surface area contributed by atoms with E-state index in [4.69, 9.17) is 32.5 Å². The second-order valence-electron chi connectivity index (χ2n) is 7.78. The summed E-state index contributed by atoms with van der Waals surface area (Å²) < 4.78 is 12.8. The van der Waals surface area contributed by atoms with Gasteiger partial charge in [-0.2, -0.15) is 4.98 Å². The van der Waals surface area contributed by atoms with Crippen LogP contribution in [-0.4, -0.2) is 27.6 Å². The third-order valence-corrected chi connectivity index (χ3v) is 6.34. The van der Waals surface area contributed by atoms with Gasteiger partial charge in [-0.05, 0) is 42.8 Å². The minimum absolute atomic E-state index is 0.0756. The van der Waals surface area contributed by atoms with E-state index >= 15 is 0 Å². The fraction of sp³-hybridized carbons (Fsp3) is 0.115. The molecular formula is C26H19Cl2N3O3. The van der Waals surface area contributed by atoms with Gasteiger partial charge in [0.1, 0.15) is 5.75 Å². The summed E-state index contributed by atoms with van der Waals surface area (Å²) in [5.41, 5.74) is 3.73. The van der Waals surface area contributed by atoms with Gasteiger partial charge < -0.3 is 13.8 Å². The summed E-state index contributed by atoms with van der Waals surface area (Å²) in [6.45, 7) is 2.34. The molecule has 0 aliphatic heterocycles. The molecule has 0 aliphatic rings. The molecule has 0 amide bonds. The third kappa shape index (κ3) is 3.95. The third-order valence-electron chi connectivity index (χ3n) is 5.75. The summed E-state index contributed by atoms with van der Waals surface area (Å²) in [6.07, 6.45) is 0. The first-order chi connectivity index (χ1) is 16.5. The number of aromatic nitrogens is 3.